The summed E-state index contributed by atoms with van der Waals surface area (Å²) in [6.07, 6.45) is 5.18. The topological polar surface area (TPSA) is 29.5 Å². The fourth-order valence-electron chi connectivity index (χ4n) is 5.60. The summed E-state index contributed by atoms with van der Waals surface area (Å²) in [6, 6.07) is 4.33. The molecule has 1 aromatic rings. The predicted molar refractivity (Wildman–Crippen MR) is 88.3 cm³/mol. The molecule has 1 aromatic carbocycles. The molecule has 1 saturated carbocycles. The predicted octanol–water partition coefficient (Wildman–Crippen LogP) is 5.05. The average molecular weight is 300 g/mol. The second-order valence-electron chi connectivity index (χ2n) is 8.74. The molecule has 1 saturated heterocycles. The van der Waals surface area contributed by atoms with Gasteiger partial charge in [-0.2, -0.15) is 0 Å². The molecule has 1 spiro atoms. The molecule has 0 aromatic heterocycles. The summed E-state index contributed by atoms with van der Waals surface area (Å²) in [7, 11) is 0. The molecule has 120 valence electrons. The van der Waals surface area contributed by atoms with E-state index < -0.39 is 0 Å². The lowest BCUT2D eigenvalue weighted by Crippen LogP contribution is -2.56. The Morgan fingerprint density at radius 2 is 2.00 bits per heavy atom. The van der Waals surface area contributed by atoms with E-state index in [9.17, 15) is 5.11 Å². The van der Waals surface area contributed by atoms with Crippen molar-refractivity contribution in [3.8, 4) is 5.75 Å². The van der Waals surface area contributed by atoms with Gasteiger partial charge in [0.25, 0.3) is 0 Å². The van der Waals surface area contributed by atoms with Gasteiger partial charge in [0.05, 0.1) is 12.7 Å². The zero-order chi connectivity index (χ0) is 15.7. The Morgan fingerprint density at radius 3 is 2.73 bits per heavy atom. The highest BCUT2D eigenvalue weighted by Gasteiger charge is 2.58. The highest BCUT2D eigenvalue weighted by atomic mass is 16.5. The molecule has 0 radical (unpaired) electrons. The van der Waals surface area contributed by atoms with Crippen LogP contribution in [0.25, 0.3) is 0 Å². The lowest BCUT2D eigenvalue weighted by molar-refractivity contribution is -0.136. The van der Waals surface area contributed by atoms with Crippen LogP contribution in [0.2, 0.25) is 0 Å². The Morgan fingerprint density at radius 1 is 1.23 bits per heavy atom. The molecule has 2 fully saturated rings. The molecule has 2 bridgehead atoms. The SMILES string of the molecule is CC(C)c1cc2c(cc1O)[C@@]13CCCC(C)(C)[C@@H]1C[C@@H]2OC3. The smallest absolute Gasteiger partial charge is 0.119 e. The first-order chi connectivity index (χ1) is 10.3. The van der Waals surface area contributed by atoms with E-state index in [2.05, 4.69) is 39.8 Å². The maximum atomic E-state index is 10.5. The summed E-state index contributed by atoms with van der Waals surface area (Å²) in [5.41, 5.74) is 4.35. The van der Waals surface area contributed by atoms with E-state index in [1.807, 2.05) is 0 Å². The second-order valence-corrected chi connectivity index (χ2v) is 8.74. The zero-order valence-electron chi connectivity index (χ0n) is 14.3. The van der Waals surface area contributed by atoms with Gasteiger partial charge in [-0.15, -0.1) is 0 Å². The van der Waals surface area contributed by atoms with Crippen molar-refractivity contribution in [3.05, 3.63) is 28.8 Å². The molecule has 3 atom stereocenters. The Hall–Kier alpha value is -1.02. The third-order valence-corrected chi connectivity index (χ3v) is 6.75. The van der Waals surface area contributed by atoms with E-state index in [4.69, 9.17) is 4.74 Å². The van der Waals surface area contributed by atoms with Gasteiger partial charge < -0.3 is 9.84 Å². The van der Waals surface area contributed by atoms with Crippen molar-refractivity contribution in [1.29, 1.82) is 0 Å². The Labute approximate surface area is 133 Å². The number of rotatable bonds is 1. The standard InChI is InChI=1S/C20H28O2/c1-12(2)13-8-14-15(9-16(13)21)20-7-5-6-19(3,4)18(20)10-17(14)22-11-20/h8-9,12,17-18,21H,5-7,10-11H2,1-4H3/t17-,18-,20-/m0/s1. The molecule has 1 N–H and O–H groups in total. The largest absolute Gasteiger partial charge is 0.508 e. The van der Waals surface area contributed by atoms with Crippen molar-refractivity contribution in [2.75, 3.05) is 6.61 Å². The highest BCUT2D eigenvalue weighted by Crippen LogP contribution is 2.63. The van der Waals surface area contributed by atoms with Gasteiger partial charge in [-0.3, -0.25) is 0 Å². The van der Waals surface area contributed by atoms with Crippen molar-refractivity contribution >= 4 is 0 Å². The van der Waals surface area contributed by atoms with E-state index in [0.29, 0.717) is 23.0 Å². The first-order valence-electron chi connectivity index (χ1n) is 8.84. The van der Waals surface area contributed by atoms with E-state index in [1.165, 1.54) is 30.4 Å². The maximum absolute atomic E-state index is 10.5. The quantitative estimate of drug-likeness (QED) is 0.786. The van der Waals surface area contributed by atoms with Crippen LogP contribution in [0.1, 0.15) is 82.1 Å². The van der Waals surface area contributed by atoms with Crippen LogP contribution in [0, 0.1) is 11.3 Å². The minimum absolute atomic E-state index is 0.138. The number of fused-ring (bicyclic) bond motifs is 1. The van der Waals surface area contributed by atoms with Crippen molar-refractivity contribution in [2.24, 2.45) is 11.3 Å². The van der Waals surface area contributed by atoms with Gasteiger partial charge in [-0.25, -0.2) is 0 Å². The van der Waals surface area contributed by atoms with Gasteiger partial charge in [0.2, 0.25) is 0 Å². The van der Waals surface area contributed by atoms with Crippen LogP contribution in [-0.2, 0) is 10.2 Å². The average Bonchev–Trinajstić information content (AvgIpc) is 2.46. The molecule has 2 aliphatic carbocycles. The summed E-state index contributed by atoms with van der Waals surface area (Å²) in [6.45, 7) is 10.0. The molecule has 2 nitrogen and oxygen atoms in total. The fourth-order valence-corrected chi connectivity index (χ4v) is 5.60. The van der Waals surface area contributed by atoms with Crippen molar-refractivity contribution in [2.45, 2.75) is 70.8 Å². The molecule has 4 aliphatic rings. The van der Waals surface area contributed by atoms with Crippen LogP contribution in [0.5, 0.6) is 5.75 Å². The van der Waals surface area contributed by atoms with E-state index in [0.717, 1.165) is 18.6 Å². The number of hydrogen-bond acceptors (Lipinski definition) is 2. The van der Waals surface area contributed by atoms with Crippen LogP contribution in [0.3, 0.4) is 0 Å². The number of ether oxygens (including phenoxy) is 1. The van der Waals surface area contributed by atoms with Crippen molar-refractivity contribution in [1.82, 2.24) is 0 Å². The third-order valence-electron chi connectivity index (χ3n) is 6.75. The normalized spacial score (nSPS) is 35.3. The Kier molecular flexibility index (Phi) is 2.98. The zero-order valence-corrected chi connectivity index (χ0v) is 14.3. The number of phenols is 1. The monoisotopic (exact) mass is 300 g/mol. The van der Waals surface area contributed by atoms with Crippen LogP contribution < -0.4 is 0 Å². The Bertz CT molecular complexity index is 616. The van der Waals surface area contributed by atoms with E-state index >= 15 is 0 Å². The fraction of sp³-hybridized carbons (Fsp3) is 0.700. The van der Waals surface area contributed by atoms with Gasteiger partial charge in [-0.1, -0.05) is 34.1 Å². The molecule has 5 rings (SSSR count). The molecule has 0 unspecified atom stereocenters. The summed E-state index contributed by atoms with van der Waals surface area (Å²) >= 11 is 0. The minimum atomic E-state index is 0.138. The lowest BCUT2D eigenvalue weighted by atomic mass is 9.48. The van der Waals surface area contributed by atoms with Crippen LogP contribution in [0.15, 0.2) is 12.1 Å². The number of benzene rings is 1. The van der Waals surface area contributed by atoms with Gasteiger partial charge in [0.15, 0.2) is 0 Å². The third kappa shape index (κ3) is 1.76. The summed E-state index contributed by atoms with van der Waals surface area (Å²) < 4.78 is 6.25. The molecule has 2 heteroatoms. The lowest BCUT2D eigenvalue weighted by Gasteiger charge is -2.60. The molecular weight excluding hydrogens is 272 g/mol. The maximum Gasteiger partial charge on any atom is 0.119 e. The van der Waals surface area contributed by atoms with Crippen molar-refractivity contribution in [3.63, 3.8) is 0 Å². The highest BCUT2D eigenvalue weighted by molar-refractivity contribution is 5.51. The molecule has 0 amide bonds. The first kappa shape index (κ1) is 14.6. The van der Waals surface area contributed by atoms with Gasteiger partial charge in [0, 0.05) is 5.41 Å². The molecular formula is C20H28O2. The first-order valence-corrected chi connectivity index (χ1v) is 8.84. The van der Waals surface area contributed by atoms with Gasteiger partial charge >= 0.3 is 0 Å². The summed E-state index contributed by atoms with van der Waals surface area (Å²) in [5.74, 6) is 1.52. The number of hydrogen-bond donors (Lipinski definition) is 1. The van der Waals surface area contributed by atoms with Crippen LogP contribution in [0.4, 0.5) is 0 Å². The van der Waals surface area contributed by atoms with Crippen molar-refractivity contribution < 1.29 is 9.84 Å². The van der Waals surface area contributed by atoms with Gasteiger partial charge in [0.1, 0.15) is 5.75 Å². The second kappa shape index (κ2) is 4.50. The Balaban J connectivity index is 1.91. The van der Waals surface area contributed by atoms with Gasteiger partial charge in [-0.05, 0) is 65.3 Å². The summed E-state index contributed by atoms with van der Waals surface area (Å²) in [5, 5.41) is 10.5. The number of phenolic OH excluding ortho intramolecular Hbond substituents is 1. The van der Waals surface area contributed by atoms with Crippen LogP contribution in [-0.4, -0.2) is 11.7 Å². The molecule has 2 aliphatic heterocycles. The molecule has 22 heavy (non-hydrogen) atoms. The van der Waals surface area contributed by atoms with E-state index in [1.54, 1.807) is 0 Å². The molecule has 2 heterocycles. The van der Waals surface area contributed by atoms with Crippen LogP contribution >= 0.6 is 0 Å². The number of aromatic hydroxyl groups is 1. The van der Waals surface area contributed by atoms with E-state index in [-0.39, 0.29) is 11.5 Å². The minimum Gasteiger partial charge on any atom is -0.508 e. The summed E-state index contributed by atoms with van der Waals surface area (Å²) in [4.78, 5) is 0.